The molecule has 134 valence electrons. The summed E-state index contributed by atoms with van der Waals surface area (Å²) in [5, 5.41) is 3.94. The molecule has 0 amide bonds. The summed E-state index contributed by atoms with van der Waals surface area (Å²) in [6, 6.07) is 13.4. The van der Waals surface area contributed by atoms with Crippen LogP contribution in [0.1, 0.15) is 11.1 Å². The summed E-state index contributed by atoms with van der Waals surface area (Å²) in [4.78, 5) is 8.39. The van der Waals surface area contributed by atoms with Crippen molar-refractivity contribution >= 4 is 29.0 Å². The molecule has 26 heavy (non-hydrogen) atoms. The molecule has 0 aliphatic carbocycles. The average molecular weight is 398 g/mol. The number of nitrogens with one attached hydrogen (secondary N) is 1. The number of halogens is 5. The topological polar surface area (TPSA) is 37.8 Å². The SMILES string of the molecule is FC(F)(F)c1ccc(-c2nc(Cl)cc(NCc3ccc(Cl)cc3)n2)cc1. The summed E-state index contributed by atoms with van der Waals surface area (Å²) in [6.45, 7) is 0.483. The number of benzene rings is 2. The first kappa shape index (κ1) is 18.5. The predicted molar refractivity (Wildman–Crippen MR) is 96.3 cm³/mol. The lowest BCUT2D eigenvalue weighted by Gasteiger charge is -2.10. The lowest BCUT2D eigenvalue weighted by molar-refractivity contribution is -0.137. The maximum Gasteiger partial charge on any atom is 0.416 e. The van der Waals surface area contributed by atoms with Crippen molar-refractivity contribution in [3.05, 3.63) is 75.9 Å². The van der Waals surface area contributed by atoms with Crippen molar-refractivity contribution in [2.75, 3.05) is 5.32 Å². The van der Waals surface area contributed by atoms with Crippen LogP contribution >= 0.6 is 23.2 Å². The minimum atomic E-state index is -4.39. The highest BCUT2D eigenvalue weighted by Crippen LogP contribution is 2.30. The number of rotatable bonds is 4. The molecule has 2 aromatic carbocycles. The number of hydrogen-bond acceptors (Lipinski definition) is 3. The monoisotopic (exact) mass is 397 g/mol. The number of aromatic nitrogens is 2. The zero-order valence-electron chi connectivity index (χ0n) is 13.2. The summed E-state index contributed by atoms with van der Waals surface area (Å²) in [7, 11) is 0. The molecule has 0 saturated carbocycles. The van der Waals surface area contributed by atoms with E-state index in [0.717, 1.165) is 17.7 Å². The second kappa shape index (κ2) is 7.51. The molecule has 0 bridgehead atoms. The highest BCUT2D eigenvalue weighted by Gasteiger charge is 2.30. The van der Waals surface area contributed by atoms with Crippen LogP contribution in [0.3, 0.4) is 0 Å². The number of alkyl halides is 3. The molecule has 3 nitrogen and oxygen atoms in total. The van der Waals surface area contributed by atoms with Gasteiger partial charge in [0.15, 0.2) is 5.82 Å². The molecular weight excluding hydrogens is 386 g/mol. The normalized spacial score (nSPS) is 11.4. The maximum atomic E-state index is 12.7. The van der Waals surface area contributed by atoms with E-state index in [1.165, 1.54) is 12.1 Å². The van der Waals surface area contributed by atoms with E-state index in [1.54, 1.807) is 18.2 Å². The van der Waals surface area contributed by atoms with Crippen LogP contribution in [0.2, 0.25) is 10.2 Å². The Bertz CT molecular complexity index is 895. The van der Waals surface area contributed by atoms with Gasteiger partial charge in [0.05, 0.1) is 5.56 Å². The van der Waals surface area contributed by atoms with Crippen LogP contribution in [0.15, 0.2) is 54.6 Å². The first-order valence-corrected chi connectivity index (χ1v) is 8.27. The standard InChI is InChI=1S/C18H12Cl2F3N3/c19-14-7-1-11(2-8-14)10-24-16-9-15(20)25-17(26-16)12-3-5-13(6-4-12)18(21,22)23/h1-9H,10H2,(H,24,25,26). The summed E-state index contributed by atoms with van der Waals surface area (Å²) >= 11 is 11.9. The van der Waals surface area contributed by atoms with Gasteiger partial charge in [-0.05, 0) is 29.8 Å². The molecule has 1 heterocycles. The van der Waals surface area contributed by atoms with Gasteiger partial charge in [-0.1, -0.05) is 47.5 Å². The third kappa shape index (κ3) is 4.65. The van der Waals surface area contributed by atoms with E-state index >= 15 is 0 Å². The third-order valence-corrected chi connectivity index (χ3v) is 4.00. The predicted octanol–water partition coefficient (Wildman–Crippen LogP) is 6.08. The minimum absolute atomic E-state index is 0.188. The lowest BCUT2D eigenvalue weighted by atomic mass is 10.1. The van der Waals surface area contributed by atoms with E-state index in [2.05, 4.69) is 15.3 Å². The van der Waals surface area contributed by atoms with Crippen LogP contribution in [0.5, 0.6) is 0 Å². The zero-order chi connectivity index (χ0) is 18.7. The molecule has 3 aromatic rings. The Morgan fingerprint density at radius 3 is 2.15 bits per heavy atom. The van der Waals surface area contributed by atoms with Crippen molar-refractivity contribution in [1.29, 1.82) is 0 Å². The Balaban J connectivity index is 1.80. The Kier molecular flexibility index (Phi) is 5.34. The average Bonchev–Trinajstić information content (AvgIpc) is 2.60. The Hall–Kier alpha value is -2.31. The van der Waals surface area contributed by atoms with Crippen molar-refractivity contribution in [1.82, 2.24) is 9.97 Å². The minimum Gasteiger partial charge on any atom is -0.366 e. The van der Waals surface area contributed by atoms with Gasteiger partial charge in [0.25, 0.3) is 0 Å². The van der Waals surface area contributed by atoms with Crippen molar-refractivity contribution in [3.8, 4) is 11.4 Å². The first-order chi connectivity index (χ1) is 12.3. The number of hydrogen-bond donors (Lipinski definition) is 1. The Labute approximate surface area is 157 Å². The van der Waals surface area contributed by atoms with Gasteiger partial charge in [0.1, 0.15) is 11.0 Å². The van der Waals surface area contributed by atoms with Crippen molar-refractivity contribution in [3.63, 3.8) is 0 Å². The van der Waals surface area contributed by atoms with Gasteiger partial charge in [-0.2, -0.15) is 13.2 Å². The molecule has 0 fully saturated rings. The molecule has 1 N–H and O–H groups in total. The second-order valence-electron chi connectivity index (χ2n) is 5.45. The van der Waals surface area contributed by atoms with Gasteiger partial charge >= 0.3 is 6.18 Å². The molecule has 0 aliphatic rings. The third-order valence-electron chi connectivity index (χ3n) is 3.55. The molecule has 0 unspecified atom stereocenters. The molecule has 0 radical (unpaired) electrons. The number of nitrogens with zero attached hydrogens (tertiary/aromatic N) is 2. The molecule has 0 saturated heterocycles. The summed E-state index contributed by atoms with van der Waals surface area (Å²) in [5.41, 5.74) is 0.694. The van der Waals surface area contributed by atoms with Gasteiger partial charge in [-0.25, -0.2) is 9.97 Å². The lowest BCUT2D eigenvalue weighted by Crippen LogP contribution is -2.05. The fraction of sp³-hybridized carbons (Fsp3) is 0.111. The summed E-state index contributed by atoms with van der Waals surface area (Å²) < 4.78 is 38.0. The van der Waals surface area contributed by atoms with Crippen molar-refractivity contribution < 1.29 is 13.2 Å². The first-order valence-electron chi connectivity index (χ1n) is 7.52. The molecule has 0 atom stereocenters. The molecule has 0 spiro atoms. The molecular formula is C18H12Cl2F3N3. The second-order valence-corrected chi connectivity index (χ2v) is 6.28. The Morgan fingerprint density at radius 2 is 1.54 bits per heavy atom. The van der Waals surface area contributed by atoms with Crippen molar-refractivity contribution in [2.24, 2.45) is 0 Å². The van der Waals surface area contributed by atoms with Gasteiger partial charge in [0.2, 0.25) is 0 Å². The van der Waals surface area contributed by atoms with Crippen LogP contribution in [0.25, 0.3) is 11.4 Å². The van der Waals surface area contributed by atoms with Crippen LogP contribution in [-0.4, -0.2) is 9.97 Å². The van der Waals surface area contributed by atoms with E-state index in [4.69, 9.17) is 23.2 Å². The van der Waals surface area contributed by atoms with Crippen LogP contribution in [0, 0.1) is 0 Å². The quantitative estimate of drug-likeness (QED) is 0.541. The fourth-order valence-electron chi connectivity index (χ4n) is 2.24. The summed E-state index contributed by atoms with van der Waals surface area (Å²) in [6.07, 6.45) is -4.39. The van der Waals surface area contributed by atoms with E-state index in [9.17, 15) is 13.2 Å². The maximum absolute atomic E-state index is 12.7. The van der Waals surface area contributed by atoms with E-state index in [-0.39, 0.29) is 11.0 Å². The zero-order valence-corrected chi connectivity index (χ0v) is 14.7. The number of anilines is 1. The molecule has 0 aliphatic heterocycles. The van der Waals surface area contributed by atoms with Crippen LogP contribution in [0.4, 0.5) is 19.0 Å². The van der Waals surface area contributed by atoms with E-state index in [1.807, 2.05) is 12.1 Å². The van der Waals surface area contributed by atoms with Crippen LogP contribution in [-0.2, 0) is 12.7 Å². The van der Waals surface area contributed by atoms with Gasteiger partial charge in [-0.15, -0.1) is 0 Å². The smallest absolute Gasteiger partial charge is 0.366 e. The highest BCUT2D eigenvalue weighted by molar-refractivity contribution is 6.30. The van der Waals surface area contributed by atoms with Crippen LogP contribution < -0.4 is 5.32 Å². The molecule has 3 rings (SSSR count). The van der Waals surface area contributed by atoms with Gasteiger partial charge in [0, 0.05) is 23.2 Å². The van der Waals surface area contributed by atoms with Crippen molar-refractivity contribution in [2.45, 2.75) is 12.7 Å². The fourth-order valence-corrected chi connectivity index (χ4v) is 2.55. The molecule has 1 aromatic heterocycles. The highest BCUT2D eigenvalue weighted by atomic mass is 35.5. The van der Waals surface area contributed by atoms with Gasteiger partial charge in [-0.3, -0.25) is 0 Å². The Morgan fingerprint density at radius 1 is 0.885 bits per heavy atom. The van der Waals surface area contributed by atoms with E-state index in [0.29, 0.717) is 22.9 Å². The summed E-state index contributed by atoms with van der Waals surface area (Å²) in [5.74, 6) is 0.708. The largest absolute Gasteiger partial charge is 0.416 e. The van der Waals surface area contributed by atoms with Gasteiger partial charge < -0.3 is 5.32 Å². The van der Waals surface area contributed by atoms with E-state index < -0.39 is 11.7 Å². The molecule has 8 heteroatoms.